The average Bonchev–Trinajstić information content (AvgIpc) is 2.77. The normalized spacial score (nSPS) is 11.3. The first-order valence-corrected chi connectivity index (χ1v) is 9.62. The van der Waals surface area contributed by atoms with Crippen molar-refractivity contribution >= 4 is 45.3 Å². The Labute approximate surface area is 175 Å². The van der Waals surface area contributed by atoms with Crippen molar-refractivity contribution < 1.29 is 14.2 Å². The van der Waals surface area contributed by atoms with Crippen LogP contribution in [0.5, 0.6) is 17.2 Å². The highest BCUT2D eigenvalue weighted by Crippen LogP contribution is 2.37. The molecule has 0 amide bonds. The Morgan fingerprint density at radius 3 is 1.97 bits per heavy atom. The lowest BCUT2D eigenvalue weighted by molar-refractivity contribution is 0.354. The van der Waals surface area contributed by atoms with E-state index in [2.05, 4.69) is 18.2 Å². The predicted octanol–water partition coefficient (Wildman–Crippen LogP) is 6.84. The largest absolute Gasteiger partial charge is 0.496 e. The standard InChI is InChI=1S/C25H21ClO3/c1-27-22-8-5-7-18-19-13-12-16(24(26)21(19)15-14-20(18)22)10-11-17-6-4-9-23(28-2)25(17)29-3/h4-15H,1-3H3/b11-10+. The summed E-state index contributed by atoms with van der Waals surface area (Å²) in [6, 6.07) is 20.1. The number of para-hydroxylation sites is 1. The molecule has 0 spiro atoms. The number of halogens is 1. The van der Waals surface area contributed by atoms with Gasteiger partial charge in [-0.1, -0.05) is 66.2 Å². The molecule has 0 saturated heterocycles. The van der Waals surface area contributed by atoms with Gasteiger partial charge in [0, 0.05) is 16.3 Å². The maximum absolute atomic E-state index is 6.78. The first-order valence-electron chi connectivity index (χ1n) is 9.25. The Morgan fingerprint density at radius 2 is 1.21 bits per heavy atom. The van der Waals surface area contributed by atoms with Crippen LogP contribution in [0.1, 0.15) is 11.1 Å². The lowest BCUT2D eigenvalue weighted by atomic mass is 9.99. The second-order valence-corrected chi connectivity index (χ2v) is 6.98. The van der Waals surface area contributed by atoms with E-state index >= 15 is 0 Å². The fraction of sp³-hybridized carbons (Fsp3) is 0.120. The minimum Gasteiger partial charge on any atom is -0.496 e. The van der Waals surface area contributed by atoms with Crippen LogP contribution in [0.3, 0.4) is 0 Å². The topological polar surface area (TPSA) is 27.7 Å². The zero-order valence-corrected chi connectivity index (χ0v) is 17.3. The van der Waals surface area contributed by atoms with Gasteiger partial charge in [0.1, 0.15) is 5.75 Å². The van der Waals surface area contributed by atoms with Crippen LogP contribution in [-0.2, 0) is 0 Å². The molecule has 0 atom stereocenters. The van der Waals surface area contributed by atoms with Crippen LogP contribution in [-0.4, -0.2) is 21.3 Å². The van der Waals surface area contributed by atoms with Crippen LogP contribution in [0.25, 0.3) is 33.7 Å². The first kappa shape index (κ1) is 19.2. The minimum atomic E-state index is 0.694. The van der Waals surface area contributed by atoms with Crippen molar-refractivity contribution in [2.45, 2.75) is 0 Å². The third kappa shape index (κ3) is 3.39. The van der Waals surface area contributed by atoms with E-state index in [9.17, 15) is 0 Å². The summed E-state index contributed by atoms with van der Waals surface area (Å²) in [5.41, 5.74) is 1.86. The van der Waals surface area contributed by atoms with E-state index < -0.39 is 0 Å². The van der Waals surface area contributed by atoms with Crippen molar-refractivity contribution in [1.82, 2.24) is 0 Å². The van der Waals surface area contributed by atoms with E-state index in [0.29, 0.717) is 16.5 Å². The van der Waals surface area contributed by atoms with Crippen LogP contribution in [0, 0.1) is 0 Å². The molecule has 4 heteroatoms. The van der Waals surface area contributed by atoms with Gasteiger partial charge in [0.15, 0.2) is 11.5 Å². The van der Waals surface area contributed by atoms with Crippen molar-refractivity contribution in [1.29, 1.82) is 0 Å². The van der Waals surface area contributed by atoms with Gasteiger partial charge in [0.25, 0.3) is 0 Å². The van der Waals surface area contributed by atoms with E-state index in [-0.39, 0.29) is 0 Å². The van der Waals surface area contributed by atoms with Crippen molar-refractivity contribution in [3.8, 4) is 17.2 Å². The lowest BCUT2D eigenvalue weighted by Gasteiger charge is -2.11. The summed E-state index contributed by atoms with van der Waals surface area (Å²) in [7, 11) is 4.95. The smallest absolute Gasteiger partial charge is 0.167 e. The van der Waals surface area contributed by atoms with E-state index in [4.69, 9.17) is 25.8 Å². The minimum absolute atomic E-state index is 0.694. The molecule has 3 nitrogen and oxygen atoms in total. The summed E-state index contributed by atoms with van der Waals surface area (Å²) in [4.78, 5) is 0. The monoisotopic (exact) mass is 404 g/mol. The van der Waals surface area contributed by atoms with Crippen LogP contribution in [0.2, 0.25) is 5.02 Å². The number of hydrogen-bond donors (Lipinski definition) is 0. The van der Waals surface area contributed by atoms with Crippen LogP contribution < -0.4 is 14.2 Å². The molecule has 0 aliphatic carbocycles. The van der Waals surface area contributed by atoms with Crippen LogP contribution >= 0.6 is 11.6 Å². The van der Waals surface area contributed by atoms with Crippen molar-refractivity contribution in [2.24, 2.45) is 0 Å². The fourth-order valence-electron chi connectivity index (χ4n) is 3.65. The first-order chi connectivity index (χ1) is 14.2. The van der Waals surface area contributed by atoms with Gasteiger partial charge >= 0.3 is 0 Å². The van der Waals surface area contributed by atoms with Crippen molar-refractivity contribution in [3.63, 3.8) is 0 Å². The van der Waals surface area contributed by atoms with E-state index in [0.717, 1.165) is 38.4 Å². The van der Waals surface area contributed by atoms with Gasteiger partial charge in [-0.2, -0.15) is 0 Å². The van der Waals surface area contributed by atoms with Gasteiger partial charge in [-0.15, -0.1) is 0 Å². The second-order valence-electron chi connectivity index (χ2n) is 6.60. The number of methoxy groups -OCH3 is 3. The summed E-state index contributed by atoms with van der Waals surface area (Å²) in [6.45, 7) is 0. The van der Waals surface area contributed by atoms with Gasteiger partial charge in [-0.3, -0.25) is 0 Å². The zero-order valence-electron chi connectivity index (χ0n) is 16.5. The van der Waals surface area contributed by atoms with Gasteiger partial charge in [-0.05, 0) is 34.5 Å². The Bertz CT molecular complexity index is 1230. The van der Waals surface area contributed by atoms with E-state index in [1.165, 1.54) is 0 Å². The highest BCUT2D eigenvalue weighted by atomic mass is 35.5. The van der Waals surface area contributed by atoms with Gasteiger partial charge in [-0.25, -0.2) is 0 Å². The maximum atomic E-state index is 6.78. The molecule has 0 bridgehead atoms. The molecule has 0 aromatic heterocycles. The molecule has 0 aliphatic rings. The second kappa shape index (κ2) is 8.06. The van der Waals surface area contributed by atoms with Crippen LogP contribution in [0.4, 0.5) is 0 Å². The molecule has 0 aliphatic heterocycles. The summed E-state index contributed by atoms with van der Waals surface area (Å²) < 4.78 is 16.4. The molecule has 0 fully saturated rings. The quantitative estimate of drug-likeness (QED) is 0.269. The van der Waals surface area contributed by atoms with E-state index in [1.54, 1.807) is 21.3 Å². The van der Waals surface area contributed by atoms with Crippen molar-refractivity contribution in [3.05, 3.63) is 76.8 Å². The van der Waals surface area contributed by atoms with E-state index in [1.807, 2.05) is 54.6 Å². The summed E-state index contributed by atoms with van der Waals surface area (Å²) in [5.74, 6) is 2.25. The zero-order chi connectivity index (χ0) is 20.4. The summed E-state index contributed by atoms with van der Waals surface area (Å²) >= 11 is 6.78. The number of hydrogen-bond acceptors (Lipinski definition) is 3. The maximum Gasteiger partial charge on any atom is 0.167 e. The van der Waals surface area contributed by atoms with Crippen LogP contribution in [0.15, 0.2) is 60.7 Å². The number of benzene rings is 4. The molecule has 146 valence electrons. The van der Waals surface area contributed by atoms with Crippen molar-refractivity contribution in [2.75, 3.05) is 21.3 Å². The molecular weight excluding hydrogens is 384 g/mol. The van der Waals surface area contributed by atoms with Gasteiger partial charge < -0.3 is 14.2 Å². The molecular formula is C25H21ClO3. The Morgan fingerprint density at radius 1 is 0.586 bits per heavy atom. The molecule has 4 aromatic carbocycles. The van der Waals surface area contributed by atoms with Gasteiger partial charge in [0.2, 0.25) is 0 Å². The third-order valence-corrected chi connectivity index (χ3v) is 5.50. The molecule has 0 radical (unpaired) electrons. The SMILES string of the molecule is COc1cccc(/C=C/c2ccc3c(ccc4c(OC)cccc43)c2Cl)c1OC. The molecule has 4 rings (SSSR count). The molecule has 29 heavy (non-hydrogen) atoms. The Kier molecular flexibility index (Phi) is 5.32. The number of rotatable bonds is 5. The molecule has 0 heterocycles. The highest BCUT2D eigenvalue weighted by molar-refractivity contribution is 6.38. The highest BCUT2D eigenvalue weighted by Gasteiger charge is 2.10. The molecule has 0 unspecified atom stereocenters. The molecule has 4 aromatic rings. The number of fused-ring (bicyclic) bond motifs is 3. The third-order valence-electron chi connectivity index (χ3n) is 5.08. The van der Waals surface area contributed by atoms with Gasteiger partial charge in [0.05, 0.1) is 26.4 Å². The Hall–Kier alpha value is -3.17. The molecule has 0 saturated carbocycles. The lowest BCUT2D eigenvalue weighted by Crippen LogP contribution is -1.92. The Balaban J connectivity index is 1.81. The average molecular weight is 405 g/mol. The fourth-order valence-corrected chi connectivity index (χ4v) is 3.95. The predicted molar refractivity (Wildman–Crippen MR) is 121 cm³/mol. The summed E-state index contributed by atoms with van der Waals surface area (Å²) in [5, 5.41) is 5.01. The number of ether oxygens (including phenoxy) is 3. The molecule has 0 N–H and O–H groups in total. The summed E-state index contributed by atoms with van der Waals surface area (Å²) in [6.07, 6.45) is 3.98.